The topological polar surface area (TPSA) is 139 Å². The number of halogens is 5. The summed E-state index contributed by atoms with van der Waals surface area (Å²) in [6, 6.07) is 17.3. The fourth-order valence-corrected chi connectivity index (χ4v) is 13.3. The highest BCUT2D eigenvalue weighted by Gasteiger charge is 2.73. The molecule has 19 heteroatoms. The molecule has 3 N–H and O–H groups in total. The fourth-order valence-electron chi connectivity index (χ4n) is 10.3. The number of carbonyl (C=O) groups excluding carboxylic acids is 1. The predicted molar refractivity (Wildman–Crippen MR) is 240 cm³/mol. The van der Waals surface area contributed by atoms with E-state index in [0.29, 0.717) is 70.2 Å². The van der Waals surface area contributed by atoms with Gasteiger partial charge in [-0.1, -0.05) is 43.2 Å². The van der Waals surface area contributed by atoms with Crippen molar-refractivity contribution in [1.29, 1.82) is 0 Å². The van der Waals surface area contributed by atoms with E-state index in [0.717, 1.165) is 61.6 Å². The van der Waals surface area contributed by atoms with Crippen LogP contribution in [-0.4, -0.2) is 120 Å². The van der Waals surface area contributed by atoms with Crippen molar-refractivity contribution in [2.75, 3.05) is 68.3 Å². The number of sulfonamides is 1. The molecule has 354 valence electrons. The van der Waals surface area contributed by atoms with E-state index in [9.17, 15) is 48.7 Å². The Bertz CT molecular complexity index is 2470. The highest BCUT2D eigenvalue weighted by Crippen LogP contribution is 2.79. The van der Waals surface area contributed by atoms with Crippen LogP contribution in [0, 0.1) is 16.2 Å². The van der Waals surface area contributed by atoms with Gasteiger partial charge in [-0.15, -0.1) is 11.8 Å². The molecule has 3 aromatic rings. The van der Waals surface area contributed by atoms with Gasteiger partial charge in [-0.2, -0.15) is 13.2 Å². The number of allylic oxidation sites excluding steroid dienone is 1. The number of amides is 1. The van der Waals surface area contributed by atoms with Gasteiger partial charge in [0.1, 0.15) is 4.90 Å². The minimum Gasteiger partial charge on any atom is -0.390 e. The van der Waals surface area contributed by atoms with Gasteiger partial charge in [-0.3, -0.25) is 14.6 Å². The molecule has 2 saturated heterocycles. The van der Waals surface area contributed by atoms with Crippen LogP contribution in [0.15, 0.2) is 98.6 Å². The molecule has 0 aromatic heterocycles. The summed E-state index contributed by atoms with van der Waals surface area (Å²) in [7, 11) is -10.9. The number of β-amino-alcohol motifs (C(OH)–C–C–N with tert-alkyl or cyclic N) is 1. The molecule has 2 heterocycles. The van der Waals surface area contributed by atoms with E-state index in [4.69, 9.17) is 0 Å². The lowest BCUT2D eigenvalue weighted by atomic mass is 9.32. The largest absolute Gasteiger partial charge is 0.501 e. The van der Waals surface area contributed by atoms with Crippen molar-refractivity contribution in [2.24, 2.45) is 16.2 Å². The highest BCUT2D eigenvalue weighted by atomic mass is 32.2. The minimum atomic E-state index is -6.08. The number of likely N-dealkylation sites (tertiary alicyclic amines) is 1. The number of benzene rings is 3. The van der Waals surface area contributed by atoms with E-state index in [1.54, 1.807) is 12.1 Å². The van der Waals surface area contributed by atoms with Crippen molar-refractivity contribution < 1.29 is 48.7 Å². The first-order valence-electron chi connectivity index (χ1n) is 22.0. The highest BCUT2D eigenvalue weighted by molar-refractivity contribution is 7.99. The third-order valence-electron chi connectivity index (χ3n) is 14.0. The maximum atomic E-state index is 14.1. The number of nitrogens with zero attached hydrogens (tertiary/aromatic N) is 3. The molecule has 9 rings (SSSR count). The normalized spacial score (nSPS) is 24.5. The maximum absolute atomic E-state index is 14.1. The van der Waals surface area contributed by atoms with Gasteiger partial charge < -0.3 is 15.3 Å². The molecule has 0 spiro atoms. The zero-order valence-corrected chi connectivity index (χ0v) is 38.9. The third kappa shape index (κ3) is 10.1. The van der Waals surface area contributed by atoms with E-state index >= 15 is 0 Å². The minimum absolute atomic E-state index is 0.0345. The van der Waals surface area contributed by atoms with E-state index in [1.165, 1.54) is 35.0 Å². The second-order valence-electron chi connectivity index (χ2n) is 19.4. The second-order valence-corrected chi connectivity index (χ2v) is 24.1. The lowest BCUT2D eigenvalue weighted by molar-refractivity contribution is -0.250. The van der Waals surface area contributed by atoms with Crippen LogP contribution in [0.4, 0.5) is 33.3 Å². The van der Waals surface area contributed by atoms with E-state index in [-0.39, 0.29) is 16.4 Å². The van der Waals surface area contributed by atoms with Crippen molar-refractivity contribution in [3.8, 4) is 0 Å². The summed E-state index contributed by atoms with van der Waals surface area (Å²) in [5, 5.41) is 12.6. The summed E-state index contributed by atoms with van der Waals surface area (Å²) in [4.78, 5) is 18.6. The van der Waals surface area contributed by atoms with Crippen LogP contribution in [0.2, 0.25) is 0 Å². The zero-order chi connectivity index (χ0) is 46.6. The standard InChI is InChI=1S/C46H56F5N5O6S3/c1-43(2)16-14-32(38(23-43)44-28-45(29-44,30-44)42(47)48)24-54-18-20-56(21-19-54)34-10-8-31(9-11-34)41(58)53-65(61,62)37-12-13-39(40(22-37)64(59,60)46(49,50)51)52-33(15-17-55-25-35(57)26-55)27-63-36-6-4-3-5-7-36/h3-13,22,33,35,42,52,57H,14-21,23-30H2,1-2H3,(H,53,58). The Balaban J connectivity index is 0.914. The van der Waals surface area contributed by atoms with Crippen LogP contribution in [0.3, 0.4) is 0 Å². The predicted octanol–water partition coefficient (Wildman–Crippen LogP) is 7.80. The van der Waals surface area contributed by atoms with E-state index in [2.05, 4.69) is 29.0 Å². The number of piperazine rings is 1. The lowest BCUT2D eigenvalue weighted by Gasteiger charge is -2.72. The number of thioether (sulfide) groups is 1. The number of sulfone groups is 1. The Labute approximate surface area is 382 Å². The van der Waals surface area contributed by atoms with Crippen LogP contribution in [0.1, 0.15) is 69.2 Å². The summed E-state index contributed by atoms with van der Waals surface area (Å²) < 4.78 is 125. The average molecular weight is 966 g/mol. The molecule has 11 nitrogen and oxygen atoms in total. The molecule has 6 aliphatic rings. The first kappa shape index (κ1) is 47.7. The van der Waals surface area contributed by atoms with Gasteiger partial charge in [0.2, 0.25) is 6.43 Å². The van der Waals surface area contributed by atoms with Crippen LogP contribution >= 0.6 is 11.8 Å². The molecule has 3 saturated carbocycles. The molecule has 2 bridgehead atoms. The molecule has 0 radical (unpaired) electrons. The zero-order valence-electron chi connectivity index (χ0n) is 36.4. The molecular weight excluding hydrogens is 910 g/mol. The summed E-state index contributed by atoms with van der Waals surface area (Å²) in [5.74, 6) is -0.731. The van der Waals surface area contributed by atoms with Crippen molar-refractivity contribution in [1.82, 2.24) is 14.5 Å². The van der Waals surface area contributed by atoms with Crippen LogP contribution < -0.4 is 14.9 Å². The molecular formula is C46H56F5N5O6S3. The van der Waals surface area contributed by atoms with Crippen molar-refractivity contribution >= 4 is 48.9 Å². The molecule has 3 aromatic carbocycles. The Morgan fingerprint density at radius 1 is 0.908 bits per heavy atom. The number of aliphatic hydroxyl groups is 1. The number of hydrogen-bond donors (Lipinski definition) is 3. The van der Waals surface area contributed by atoms with Gasteiger partial charge in [-0.25, -0.2) is 30.3 Å². The van der Waals surface area contributed by atoms with Crippen LogP contribution in [-0.2, 0) is 19.9 Å². The van der Waals surface area contributed by atoms with Gasteiger partial charge in [0.25, 0.3) is 25.8 Å². The fraction of sp³-hybridized carbons (Fsp3) is 0.543. The molecule has 2 aliphatic heterocycles. The van der Waals surface area contributed by atoms with Gasteiger partial charge in [0.15, 0.2) is 0 Å². The SMILES string of the molecule is CC1(C)CCC(CN2CCN(c3ccc(C(=O)NS(=O)(=O)c4ccc(NC(CCN5CC(O)C5)CSc5ccccc5)c(S(=O)(=O)C(F)(F)F)c4)cc3)CC2)=C(C23CC(C(F)F)(C2)C3)C1. The number of carbonyl (C=O) groups is 1. The number of anilines is 2. The van der Waals surface area contributed by atoms with Crippen molar-refractivity contribution in [3.63, 3.8) is 0 Å². The number of nitrogens with one attached hydrogen (secondary N) is 2. The van der Waals surface area contributed by atoms with E-state index in [1.807, 2.05) is 40.0 Å². The Hall–Kier alpha value is -3.75. The van der Waals surface area contributed by atoms with Gasteiger partial charge >= 0.3 is 5.51 Å². The van der Waals surface area contributed by atoms with Crippen LogP contribution in [0.25, 0.3) is 0 Å². The molecule has 1 amide bonds. The van der Waals surface area contributed by atoms with Crippen molar-refractivity contribution in [2.45, 2.75) is 97.6 Å². The number of alkyl halides is 5. The smallest absolute Gasteiger partial charge is 0.390 e. The summed E-state index contributed by atoms with van der Waals surface area (Å²) in [6.45, 7) is 9.61. The van der Waals surface area contributed by atoms with Crippen molar-refractivity contribution in [3.05, 3.63) is 89.5 Å². The second kappa shape index (κ2) is 18.1. The molecule has 1 unspecified atom stereocenters. The van der Waals surface area contributed by atoms with Gasteiger partial charge in [0, 0.05) is 85.7 Å². The first-order chi connectivity index (χ1) is 30.6. The van der Waals surface area contributed by atoms with Crippen LogP contribution in [0.5, 0.6) is 0 Å². The van der Waals surface area contributed by atoms with Gasteiger partial charge in [0.05, 0.1) is 16.7 Å². The molecule has 1 atom stereocenters. The number of hydrogen-bond acceptors (Lipinski definition) is 11. The van der Waals surface area contributed by atoms with Gasteiger partial charge in [-0.05, 0) is 110 Å². The molecule has 5 fully saturated rings. The molecule has 4 aliphatic carbocycles. The Morgan fingerprint density at radius 2 is 1.57 bits per heavy atom. The summed E-state index contributed by atoms with van der Waals surface area (Å²) in [5.41, 5.74) is -3.28. The monoisotopic (exact) mass is 965 g/mol. The molecule has 65 heavy (non-hydrogen) atoms. The first-order valence-corrected chi connectivity index (χ1v) is 26.0. The quantitative estimate of drug-likeness (QED) is 0.0694. The number of aliphatic hydroxyl groups excluding tert-OH is 1. The lowest BCUT2D eigenvalue weighted by Crippen LogP contribution is -2.66. The third-order valence-corrected chi connectivity index (χ3v) is 18.0. The number of rotatable bonds is 17. The Morgan fingerprint density at radius 3 is 2.18 bits per heavy atom. The maximum Gasteiger partial charge on any atom is 0.501 e. The Kier molecular flexibility index (Phi) is 13.3. The average Bonchev–Trinajstić information content (AvgIpc) is 3.20. The van der Waals surface area contributed by atoms with E-state index < -0.39 is 70.7 Å². The summed E-state index contributed by atoms with van der Waals surface area (Å²) in [6.07, 6.45) is 2.44. The summed E-state index contributed by atoms with van der Waals surface area (Å²) >= 11 is 1.41.